The minimum absolute atomic E-state index is 0.0510. The Hall–Kier alpha value is -9.09. The standard InChI is InChI=1S/C15H18O.3C14H14O5.C10H16.C10H14.5C2H6/c1-4-11-10-15(16-3)12(5-2)14-9-7-6-8-13(11)14;3*15-11(9-18-12-5-2-1-3-6-12)10-19-14(16)13-7-4-8-17-13;1-2-9-7-4-5-8(6-7)10(9)3-1;1-3-9-5-7-10(4-2)8-6-9;5*1-2/h6-10H,4-5H2,1-3H3;3*1-8,11,15H,9-10H2;7-10H,1-6H2;5-8H,3-4H2,1-2H3;5*1-2H3. The van der Waals surface area contributed by atoms with Crippen molar-refractivity contribution in [1.29, 1.82) is 0 Å². The maximum Gasteiger partial charge on any atom is 0.374 e. The minimum Gasteiger partial charge on any atom is -0.496 e. The van der Waals surface area contributed by atoms with Crippen molar-refractivity contribution >= 4 is 28.7 Å². The van der Waals surface area contributed by atoms with Crippen LogP contribution in [0, 0.1) is 23.7 Å². The average molecular weight is 1420 g/mol. The summed E-state index contributed by atoms with van der Waals surface area (Å²) in [5, 5.41) is 31.6. The van der Waals surface area contributed by atoms with Gasteiger partial charge in [-0.1, -0.05) is 206 Å². The van der Waals surface area contributed by atoms with Crippen molar-refractivity contribution in [3.8, 4) is 23.0 Å². The van der Waals surface area contributed by atoms with E-state index >= 15 is 0 Å². The lowest BCUT2D eigenvalue weighted by Crippen LogP contribution is -2.25. The van der Waals surface area contributed by atoms with E-state index in [1.807, 2.05) is 124 Å². The Morgan fingerprint density at radius 2 is 0.728 bits per heavy atom. The van der Waals surface area contributed by atoms with E-state index in [0.717, 1.165) is 31.4 Å². The summed E-state index contributed by atoms with van der Waals surface area (Å²) in [7, 11) is 1.75. The van der Waals surface area contributed by atoms with Gasteiger partial charge in [-0.25, -0.2) is 14.4 Å². The molecular formula is C87H120O16. The molecule has 16 heteroatoms. The quantitative estimate of drug-likeness (QED) is 0.0401. The average Bonchev–Trinajstić information content (AvgIpc) is 1.71. The molecule has 3 N–H and O–H groups in total. The number of hydrogen-bond acceptors (Lipinski definition) is 16. The lowest BCUT2D eigenvalue weighted by atomic mass is 9.82. The molecule has 12 rings (SSSR count). The molecule has 103 heavy (non-hydrogen) atoms. The van der Waals surface area contributed by atoms with Gasteiger partial charge in [0.25, 0.3) is 0 Å². The minimum atomic E-state index is -0.890. The van der Waals surface area contributed by atoms with Crippen molar-refractivity contribution in [3.63, 3.8) is 0 Å². The Balaban J connectivity index is 0.000000415. The van der Waals surface area contributed by atoms with Gasteiger partial charge in [0, 0.05) is 5.56 Å². The number of aryl methyl sites for hydroxylation is 4. The van der Waals surface area contributed by atoms with Gasteiger partial charge in [0.1, 0.15) is 81.0 Å². The Morgan fingerprint density at radius 1 is 0.398 bits per heavy atom. The Bertz CT molecular complexity index is 3220. The van der Waals surface area contributed by atoms with Gasteiger partial charge in [-0.05, 0) is 188 Å². The number of methoxy groups -OCH3 is 1. The van der Waals surface area contributed by atoms with Crippen LogP contribution in [0.3, 0.4) is 0 Å². The zero-order valence-electron chi connectivity index (χ0n) is 64.1. The van der Waals surface area contributed by atoms with Crippen LogP contribution in [0.4, 0.5) is 0 Å². The monoisotopic (exact) mass is 1420 g/mol. The number of carbonyl (C=O) groups excluding carboxylic acids is 3. The molecule has 0 spiro atoms. The molecule has 3 aromatic heterocycles. The number of fused-ring (bicyclic) bond motifs is 6. The fourth-order valence-corrected chi connectivity index (χ4v) is 11.5. The third kappa shape index (κ3) is 33.3. The molecule has 564 valence electrons. The van der Waals surface area contributed by atoms with Crippen LogP contribution < -0.4 is 18.9 Å². The number of benzene rings is 6. The van der Waals surface area contributed by atoms with Crippen molar-refractivity contribution in [1.82, 2.24) is 0 Å². The van der Waals surface area contributed by atoms with Gasteiger partial charge < -0.3 is 61.7 Å². The molecule has 7 unspecified atom stereocenters. The smallest absolute Gasteiger partial charge is 0.374 e. The van der Waals surface area contributed by atoms with Crippen LogP contribution in [0.5, 0.6) is 23.0 Å². The van der Waals surface area contributed by atoms with E-state index < -0.39 is 36.2 Å². The van der Waals surface area contributed by atoms with Crippen LogP contribution >= 0.6 is 0 Å². The summed E-state index contributed by atoms with van der Waals surface area (Å²) in [5.74, 6) is 6.28. The van der Waals surface area contributed by atoms with Crippen molar-refractivity contribution in [2.45, 2.75) is 179 Å². The molecule has 0 radical (unpaired) electrons. The molecular weight excluding hydrogens is 1300 g/mol. The molecule has 9 aromatic rings. The molecule has 16 nitrogen and oxygen atoms in total. The molecule has 0 saturated heterocycles. The third-order valence-corrected chi connectivity index (χ3v) is 16.3. The number of ether oxygens (including phenoxy) is 7. The van der Waals surface area contributed by atoms with Crippen LogP contribution in [0.1, 0.15) is 189 Å². The molecule has 3 heterocycles. The van der Waals surface area contributed by atoms with Gasteiger partial charge in [0.05, 0.1) is 25.9 Å². The molecule has 2 bridgehead atoms. The first kappa shape index (κ1) is 90.0. The summed E-state index contributed by atoms with van der Waals surface area (Å²) in [6, 6.07) is 56.1. The van der Waals surface area contributed by atoms with Crippen molar-refractivity contribution < 1.29 is 76.1 Å². The molecule has 7 atom stereocenters. The van der Waals surface area contributed by atoms with Crippen molar-refractivity contribution in [3.05, 3.63) is 240 Å². The number of furan rings is 3. The van der Waals surface area contributed by atoms with Gasteiger partial charge in [-0.3, -0.25) is 0 Å². The van der Waals surface area contributed by atoms with Gasteiger partial charge in [-0.2, -0.15) is 0 Å². The van der Waals surface area contributed by atoms with Crippen LogP contribution in [0.25, 0.3) is 10.8 Å². The normalized spacial score (nSPS) is 15.0. The number of aliphatic hydroxyl groups excluding tert-OH is 3. The number of rotatable bonds is 23. The zero-order valence-corrected chi connectivity index (χ0v) is 64.1. The number of carbonyl (C=O) groups is 3. The summed E-state index contributed by atoms with van der Waals surface area (Å²) in [6.45, 7) is 28.4. The van der Waals surface area contributed by atoms with Crippen molar-refractivity contribution in [2.75, 3.05) is 46.8 Å². The summed E-state index contributed by atoms with van der Waals surface area (Å²) in [6.07, 6.45) is 15.3. The lowest BCUT2D eigenvalue weighted by molar-refractivity contribution is 0.0103. The molecule has 3 saturated carbocycles. The first-order valence-electron chi connectivity index (χ1n) is 37.2. The first-order chi connectivity index (χ1) is 50.4. The highest BCUT2D eigenvalue weighted by molar-refractivity contribution is 5.91. The molecule has 0 aliphatic heterocycles. The number of aliphatic hydroxyl groups is 3. The Morgan fingerprint density at radius 3 is 1.02 bits per heavy atom. The van der Waals surface area contributed by atoms with E-state index in [1.54, 1.807) is 100 Å². The summed E-state index contributed by atoms with van der Waals surface area (Å²) in [5.41, 5.74) is 5.54. The van der Waals surface area contributed by atoms with Crippen LogP contribution in [-0.2, 0) is 39.9 Å². The predicted molar refractivity (Wildman–Crippen MR) is 414 cm³/mol. The van der Waals surface area contributed by atoms with Gasteiger partial charge in [0.15, 0.2) is 0 Å². The maximum atomic E-state index is 11.4. The highest BCUT2D eigenvalue weighted by atomic mass is 16.6. The molecule has 3 fully saturated rings. The van der Waals surface area contributed by atoms with Crippen LogP contribution in [0.2, 0.25) is 0 Å². The number of para-hydroxylation sites is 3. The SMILES string of the molecule is C1CC2C3CCC(C3)C2C1.CC.CC.CC.CC.CC.CCc1cc(OC)c(CC)c2ccccc12.CCc1ccc(CC)cc1.O=C(OCC(O)COc1ccccc1)c1ccco1.O=C(OCC(O)COc1ccccc1)c1ccco1.O=C(OCC(O)COc1ccccc1)c1ccco1. The van der Waals surface area contributed by atoms with E-state index in [2.05, 4.69) is 82.3 Å². The third-order valence-electron chi connectivity index (χ3n) is 16.3. The van der Waals surface area contributed by atoms with Crippen LogP contribution in [-0.4, -0.2) is 98.3 Å². The fraction of sp³-hybridized carbons (Fsp3) is 0.437. The molecule has 0 amide bonds. The van der Waals surface area contributed by atoms with Crippen molar-refractivity contribution in [2.24, 2.45) is 23.7 Å². The van der Waals surface area contributed by atoms with E-state index in [-0.39, 0.29) is 56.9 Å². The van der Waals surface area contributed by atoms with E-state index in [1.165, 1.54) is 93.7 Å². The second-order valence-electron chi connectivity index (χ2n) is 22.6. The number of hydrogen-bond donors (Lipinski definition) is 3. The van der Waals surface area contributed by atoms with Crippen LogP contribution in [0.15, 0.2) is 214 Å². The predicted octanol–water partition coefficient (Wildman–Crippen LogP) is 20.4. The Labute approximate surface area is 615 Å². The van der Waals surface area contributed by atoms with E-state index in [9.17, 15) is 29.7 Å². The zero-order chi connectivity index (χ0) is 76.0. The highest BCUT2D eigenvalue weighted by Gasteiger charge is 2.48. The molecule has 6 aromatic carbocycles. The summed E-state index contributed by atoms with van der Waals surface area (Å²) >= 11 is 0. The maximum absolute atomic E-state index is 11.4. The summed E-state index contributed by atoms with van der Waals surface area (Å²) < 4.78 is 50.7. The van der Waals surface area contributed by atoms with E-state index in [4.69, 9.17) is 46.4 Å². The molecule has 3 aliphatic rings. The largest absolute Gasteiger partial charge is 0.496 e. The second-order valence-corrected chi connectivity index (χ2v) is 22.6. The first-order valence-corrected chi connectivity index (χ1v) is 37.2. The second kappa shape index (κ2) is 55.5. The topological polar surface area (TPSA) is 216 Å². The van der Waals surface area contributed by atoms with Gasteiger partial charge >= 0.3 is 17.9 Å². The van der Waals surface area contributed by atoms with E-state index in [0.29, 0.717) is 17.2 Å². The van der Waals surface area contributed by atoms with Gasteiger partial charge in [0.2, 0.25) is 17.3 Å². The highest BCUT2D eigenvalue weighted by Crippen LogP contribution is 2.58. The summed E-state index contributed by atoms with van der Waals surface area (Å²) in [4.78, 5) is 34.2. The van der Waals surface area contributed by atoms with Gasteiger partial charge in [-0.15, -0.1) is 0 Å². The number of esters is 3. The molecule has 3 aliphatic carbocycles. The fourth-order valence-electron chi connectivity index (χ4n) is 11.5. The Kier molecular flexibility index (Phi) is 48.5. The lowest BCUT2D eigenvalue weighted by Gasteiger charge is -2.23.